The number of nitro groups is 1. The SMILES string of the molecule is N#Cc1c(-n2cccc2)sc2c1CCN(c1ccc([N+](=O)[O-])cc1)C2. The maximum Gasteiger partial charge on any atom is 0.269 e. The van der Waals surface area contributed by atoms with Gasteiger partial charge in [-0.05, 0) is 36.2 Å². The first kappa shape index (κ1) is 15.4. The number of hydrogen-bond donors (Lipinski definition) is 0. The third-order valence-electron chi connectivity index (χ3n) is 4.41. The van der Waals surface area contributed by atoms with Gasteiger partial charge in [-0.2, -0.15) is 5.26 Å². The molecule has 2 aromatic heterocycles. The Morgan fingerprint density at radius 1 is 1.20 bits per heavy atom. The molecular formula is C18H14N4O2S. The number of rotatable bonds is 3. The maximum absolute atomic E-state index is 10.8. The highest BCUT2D eigenvalue weighted by Crippen LogP contribution is 2.36. The van der Waals surface area contributed by atoms with Crippen LogP contribution in [0.5, 0.6) is 0 Å². The molecule has 0 fully saturated rings. The third-order valence-corrected chi connectivity index (χ3v) is 5.64. The molecule has 0 amide bonds. The predicted octanol–water partition coefficient (Wildman–Crippen LogP) is 3.88. The highest BCUT2D eigenvalue weighted by Gasteiger charge is 2.25. The second kappa shape index (κ2) is 6.07. The van der Waals surface area contributed by atoms with Crippen LogP contribution >= 0.6 is 11.3 Å². The monoisotopic (exact) mass is 350 g/mol. The van der Waals surface area contributed by atoms with Gasteiger partial charge < -0.3 is 9.47 Å². The number of aromatic nitrogens is 1. The highest BCUT2D eigenvalue weighted by molar-refractivity contribution is 7.15. The standard InChI is InChI=1S/C18H14N4O2S/c19-11-16-15-7-10-21(13-3-5-14(6-4-13)22(23)24)12-17(15)25-18(16)20-8-1-2-9-20/h1-6,8-9H,7,10,12H2. The first-order chi connectivity index (χ1) is 12.2. The normalized spacial score (nSPS) is 13.3. The van der Waals surface area contributed by atoms with Crippen molar-refractivity contribution in [2.24, 2.45) is 0 Å². The van der Waals surface area contributed by atoms with Crippen LogP contribution < -0.4 is 4.90 Å². The molecule has 0 spiro atoms. The number of hydrogen-bond acceptors (Lipinski definition) is 5. The van der Waals surface area contributed by atoms with E-state index >= 15 is 0 Å². The minimum atomic E-state index is -0.389. The first-order valence-electron chi connectivity index (χ1n) is 7.85. The van der Waals surface area contributed by atoms with Crippen LogP contribution in [0.15, 0.2) is 48.8 Å². The van der Waals surface area contributed by atoms with Gasteiger partial charge in [-0.3, -0.25) is 10.1 Å². The van der Waals surface area contributed by atoms with Crippen LogP contribution in [0.4, 0.5) is 11.4 Å². The zero-order valence-corrected chi connectivity index (χ0v) is 14.1. The van der Waals surface area contributed by atoms with Crippen molar-refractivity contribution in [2.45, 2.75) is 13.0 Å². The maximum atomic E-state index is 10.8. The molecular weight excluding hydrogens is 336 g/mol. The number of benzene rings is 1. The zero-order chi connectivity index (χ0) is 17.4. The van der Waals surface area contributed by atoms with Gasteiger partial charge in [0.1, 0.15) is 11.1 Å². The van der Waals surface area contributed by atoms with Crippen LogP contribution in [-0.2, 0) is 13.0 Å². The quantitative estimate of drug-likeness (QED) is 0.531. The summed E-state index contributed by atoms with van der Waals surface area (Å²) in [6.45, 7) is 1.51. The molecule has 0 N–H and O–H groups in total. The summed E-state index contributed by atoms with van der Waals surface area (Å²) in [5.41, 5.74) is 2.96. The lowest BCUT2D eigenvalue weighted by atomic mass is 10.0. The van der Waals surface area contributed by atoms with Crippen LogP contribution in [0, 0.1) is 21.4 Å². The minimum Gasteiger partial charge on any atom is -0.366 e. The van der Waals surface area contributed by atoms with E-state index in [1.807, 2.05) is 29.1 Å². The van der Waals surface area contributed by atoms with Crippen molar-refractivity contribution < 1.29 is 4.92 Å². The Hall–Kier alpha value is -3.11. The molecule has 6 nitrogen and oxygen atoms in total. The fraction of sp³-hybridized carbons (Fsp3) is 0.167. The summed E-state index contributed by atoms with van der Waals surface area (Å²) in [6.07, 6.45) is 4.70. The Labute approximate surface area is 148 Å². The molecule has 1 aliphatic heterocycles. The third kappa shape index (κ3) is 2.66. The molecule has 0 bridgehead atoms. The van der Waals surface area contributed by atoms with Crippen LogP contribution in [0.1, 0.15) is 16.0 Å². The summed E-state index contributed by atoms with van der Waals surface area (Å²) in [7, 11) is 0. The van der Waals surface area contributed by atoms with Gasteiger partial charge in [0.2, 0.25) is 0 Å². The molecule has 124 valence electrons. The smallest absolute Gasteiger partial charge is 0.269 e. The van der Waals surface area contributed by atoms with Crippen LogP contribution in [0.25, 0.3) is 5.00 Å². The predicted molar refractivity (Wildman–Crippen MR) is 96.2 cm³/mol. The van der Waals surface area contributed by atoms with Crippen LogP contribution in [0.2, 0.25) is 0 Å². The lowest BCUT2D eigenvalue weighted by molar-refractivity contribution is -0.384. The zero-order valence-electron chi connectivity index (χ0n) is 13.3. The summed E-state index contributed by atoms with van der Waals surface area (Å²) >= 11 is 1.64. The van der Waals surface area contributed by atoms with Crippen molar-refractivity contribution in [1.82, 2.24) is 4.57 Å². The number of nitro benzene ring substituents is 1. The summed E-state index contributed by atoms with van der Waals surface area (Å²) in [4.78, 5) is 13.8. The molecule has 0 saturated carbocycles. The van der Waals surface area contributed by atoms with Crippen LogP contribution in [-0.4, -0.2) is 16.0 Å². The fourth-order valence-electron chi connectivity index (χ4n) is 3.16. The number of anilines is 1. The topological polar surface area (TPSA) is 75.1 Å². The Kier molecular flexibility index (Phi) is 3.75. The molecule has 4 rings (SSSR count). The average Bonchev–Trinajstić information content (AvgIpc) is 3.28. The number of nitrogens with zero attached hydrogens (tertiary/aromatic N) is 4. The van der Waals surface area contributed by atoms with Gasteiger partial charge in [-0.15, -0.1) is 11.3 Å². The molecule has 1 aromatic carbocycles. The van der Waals surface area contributed by atoms with Crippen molar-refractivity contribution in [3.05, 3.63) is 74.9 Å². The van der Waals surface area contributed by atoms with Crippen molar-refractivity contribution in [1.29, 1.82) is 5.26 Å². The molecule has 1 aliphatic rings. The Balaban J connectivity index is 1.65. The Morgan fingerprint density at radius 3 is 2.56 bits per heavy atom. The Morgan fingerprint density at radius 2 is 1.92 bits per heavy atom. The van der Waals surface area contributed by atoms with E-state index in [2.05, 4.69) is 11.0 Å². The molecule has 3 heterocycles. The van der Waals surface area contributed by atoms with E-state index in [0.29, 0.717) is 6.54 Å². The van der Waals surface area contributed by atoms with Crippen molar-refractivity contribution >= 4 is 22.7 Å². The average molecular weight is 350 g/mol. The van der Waals surface area contributed by atoms with E-state index in [-0.39, 0.29) is 10.6 Å². The highest BCUT2D eigenvalue weighted by atomic mass is 32.1. The van der Waals surface area contributed by atoms with E-state index < -0.39 is 0 Å². The summed E-state index contributed by atoms with van der Waals surface area (Å²) in [6, 6.07) is 12.9. The molecule has 3 aromatic rings. The van der Waals surface area contributed by atoms with Gasteiger partial charge in [-0.1, -0.05) is 0 Å². The number of non-ortho nitro benzene ring substituents is 1. The molecule has 7 heteroatoms. The van der Waals surface area contributed by atoms with Gasteiger partial charge in [0.05, 0.1) is 17.0 Å². The van der Waals surface area contributed by atoms with Crippen molar-refractivity contribution in [3.8, 4) is 11.1 Å². The molecule has 0 saturated heterocycles. The molecule has 0 unspecified atom stereocenters. The van der Waals surface area contributed by atoms with Gasteiger partial charge in [-0.25, -0.2) is 0 Å². The van der Waals surface area contributed by atoms with Gasteiger partial charge in [0.25, 0.3) is 5.69 Å². The minimum absolute atomic E-state index is 0.0965. The van der Waals surface area contributed by atoms with E-state index in [1.165, 1.54) is 17.0 Å². The molecule has 0 radical (unpaired) electrons. The number of thiophene rings is 1. The van der Waals surface area contributed by atoms with E-state index in [0.717, 1.165) is 34.8 Å². The second-order valence-electron chi connectivity index (χ2n) is 5.83. The molecule has 0 atom stereocenters. The lowest BCUT2D eigenvalue weighted by Gasteiger charge is -2.28. The second-order valence-corrected chi connectivity index (χ2v) is 6.91. The van der Waals surface area contributed by atoms with Gasteiger partial charge in [0.15, 0.2) is 0 Å². The van der Waals surface area contributed by atoms with Crippen molar-refractivity contribution in [3.63, 3.8) is 0 Å². The first-order valence-corrected chi connectivity index (χ1v) is 8.66. The largest absolute Gasteiger partial charge is 0.366 e. The molecule has 0 aliphatic carbocycles. The van der Waals surface area contributed by atoms with Gasteiger partial charge >= 0.3 is 0 Å². The number of nitriles is 1. The van der Waals surface area contributed by atoms with Crippen molar-refractivity contribution in [2.75, 3.05) is 11.4 Å². The van der Waals surface area contributed by atoms with Crippen LogP contribution in [0.3, 0.4) is 0 Å². The van der Waals surface area contributed by atoms with E-state index in [4.69, 9.17) is 0 Å². The summed E-state index contributed by atoms with van der Waals surface area (Å²) < 4.78 is 1.98. The summed E-state index contributed by atoms with van der Waals surface area (Å²) in [5, 5.41) is 21.4. The fourth-order valence-corrected chi connectivity index (χ4v) is 4.44. The van der Waals surface area contributed by atoms with Gasteiger partial charge in [0, 0.05) is 41.6 Å². The number of fused-ring (bicyclic) bond motifs is 1. The lowest BCUT2D eigenvalue weighted by Crippen LogP contribution is -2.29. The van der Waals surface area contributed by atoms with E-state index in [1.54, 1.807) is 23.5 Å². The summed E-state index contributed by atoms with van der Waals surface area (Å²) in [5.74, 6) is 0. The Bertz CT molecular complexity index is 968. The van der Waals surface area contributed by atoms with E-state index in [9.17, 15) is 15.4 Å². The molecule has 25 heavy (non-hydrogen) atoms.